The van der Waals surface area contributed by atoms with Crippen LogP contribution in [0.15, 0.2) is 36.4 Å². The van der Waals surface area contributed by atoms with E-state index in [1.54, 1.807) is 19.2 Å². The second-order valence-electron chi connectivity index (χ2n) is 4.44. The third kappa shape index (κ3) is 3.14. The normalized spacial score (nSPS) is 12.4. The summed E-state index contributed by atoms with van der Waals surface area (Å²) < 4.78 is 39.5. The molecule has 0 bridgehead atoms. The molecule has 0 saturated carbocycles. The van der Waals surface area contributed by atoms with Crippen molar-refractivity contribution in [2.45, 2.75) is 12.5 Å². The fourth-order valence-electron chi connectivity index (χ4n) is 2.05. The van der Waals surface area contributed by atoms with Crippen LogP contribution in [0, 0.1) is 17.5 Å². The molecular weight excluding hydrogens is 287 g/mol. The van der Waals surface area contributed by atoms with Gasteiger partial charge < -0.3 is 5.32 Å². The predicted molar refractivity (Wildman–Crippen MR) is 73.3 cm³/mol. The molecule has 20 heavy (non-hydrogen) atoms. The van der Waals surface area contributed by atoms with Crippen molar-refractivity contribution in [1.82, 2.24) is 5.32 Å². The number of nitrogens with one attached hydrogen (secondary N) is 1. The Kier molecular flexibility index (Phi) is 4.68. The molecule has 1 nitrogen and oxygen atoms in total. The van der Waals surface area contributed by atoms with E-state index in [1.165, 1.54) is 0 Å². The van der Waals surface area contributed by atoms with E-state index in [9.17, 15) is 13.2 Å². The molecule has 5 heteroatoms. The minimum absolute atomic E-state index is 0.337. The SMILES string of the molecule is CNC(Cc1ccccc1Cl)c1cc(F)c(F)c(F)c1. The van der Waals surface area contributed by atoms with Gasteiger partial charge in [0, 0.05) is 11.1 Å². The maximum absolute atomic E-state index is 13.3. The van der Waals surface area contributed by atoms with Crippen molar-refractivity contribution in [3.63, 3.8) is 0 Å². The summed E-state index contributed by atoms with van der Waals surface area (Å²) in [5.74, 6) is -3.85. The first-order valence-electron chi connectivity index (χ1n) is 6.08. The molecule has 2 aromatic rings. The molecule has 0 aliphatic carbocycles. The van der Waals surface area contributed by atoms with E-state index in [4.69, 9.17) is 11.6 Å². The first kappa shape index (κ1) is 14.9. The van der Waals surface area contributed by atoms with Gasteiger partial charge in [0.2, 0.25) is 0 Å². The number of hydrogen-bond acceptors (Lipinski definition) is 1. The second-order valence-corrected chi connectivity index (χ2v) is 4.84. The lowest BCUT2D eigenvalue weighted by atomic mass is 9.98. The zero-order valence-electron chi connectivity index (χ0n) is 10.8. The Morgan fingerprint density at radius 2 is 1.70 bits per heavy atom. The van der Waals surface area contributed by atoms with E-state index in [2.05, 4.69) is 5.32 Å². The molecule has 1 atom stereocenters. The van der Waals surface area contributed by atoms with Gasteiger partial charge in [-0.15, -0.1) is 0 Å². The zero-order chi connectivity index (χ0) is 14.7. The molecule has 2 aromatic carbocycles. The highest BCUT2D eigenvalue weighted by molar-refractivity contribution is 6.31. The number of rotatable bonds is 4. The fraction of sp³-hybridized carbons (Fsp3) is 0.200. The van der Waals surface area contributed by atoms with Crippen LogP contribution in [-0.4, -0.2) is 7.05 Å². The quantitative estimate of drug-likeness (QED) is 0.832. The number of likely N-dealkylation sites (N-methyl/N-ethyl adjacent to an activating group) is 1. The van der Waals surface area contributed by atoms with Gasteiger partial charge in [-0.3, -0.25) is 0 Å². The van der Waals surface area contributed by atoms with Crippen molar-refractivity contribution >= 4 is 11.6 Å². The fourth-order valence-corrected chi connectivity index (χ4v) is 2.26. The molecule has 0 fully saturated rings. The largest absolute Gasteiger partial charge is 0.313 e. The Bertz CT molecular complexity index is 593. The number of benzene rings is 2. The summed E-state index contributed by atoms with van der Waals surface area (Å²) in [5, 5.41) is 3.53. The van der Waals surface area contributed by atoms with Gasteiger partial charge in [0.15, 0.2) is 17.5 Å². The molecule has 0 amide bonds. The van der Waals surface area contributed by atoms with Crippen LogP contribution < -0.4 is 5.32 Å². The van der Waals surface area contributed by atoms with Gasteiger partial charge >= 0.3 is 0 Å². The van der Waals surface area contributed by atoms with Crippen molar-refractivity contribution in [1.29, 1.82) is 0 Å². The predicted octanol–water partition coefficient (Wildman–Crippen LogP) is 4.26. The summed E-state index contributed by atoms with van der Waals surface area (Å²) in [4.78, 5) is 0. The zero-order valence-corrected chi connectivity index (χ0v) is 11.5. The van der Waals surface area contributed by atoms with Crippen molar-refractivity contribution in [3.8, 4) is 0 Å². The summed E-state index contributed by atoms with van der Waals surface area (Å²) in [7, 11) is 1.67. The highest BCUT2D eigenvalue weighted by Crippen LogP contribution is 2.25. The number of hydrogen-bond donors (Lipinski definition) is 1. The Balaban J connectivity index is 2.31. The summed E-state index contributed by atoms with van der Waals surface area (Å²) in [6, 6.07) is 8.85. The molecule has 0 heterocycles. The smallest absolute Gasteiger partial charge is 0.194 e. The lowest BCUT2D eigenvalue weighted by Crippen LogP contribution is -2.19. The lowest BCUT2D eigenvalue weighted by molar-refractivity contribution is 0.441. The third-order valence-electron chi connectivity index (χ3n) is 3.14. The van der Waals surface area contributed by atoms with Crippen LogP contribution in [0.2, 0.25) is 5.02 Å². The van der Waals surface area contributed by atoms with Crippen LogP contribution >= 0.6 is 11.6 Å². The molecule has 1 unspecified atom stereocenters. The van der Waals surface area contributed by atoms with Crippen LogP contribution in [-0.2, 0) is 6.42 Å². The Hall–Kier alpha value is -1.52. The van der Waals surface area contributed by atoms with Gasteiger partial charge in [-0.1, -0.05) is 29.8 Å². The molecule has 0 spiro atoms. The first-order chi connectivity index (χ1) is 9.52. The standard InChI is InChI=1S/C15H13ClF3N/c1-20-14(8-9-4-2-3-5-11(9)16)10-6-12(17)15(19)13(18)7-10/h2-7,14,20H,8H2,1H3. The molecule has 0 saturated heterocycles. The van der Waals surface area contributed by atoms with Gasteiger partial charge in [0.25, 0.3) is 0 Å². The summed E-state index contributed by atoms with van der Waals surface area (Å²) >= 11 is 6.06. The van der Waals surface area contributed by atoms with Gasteiger partial charge in [0.1, 0.15) is 0 Å². The molecule has 1 N–H and O–H groups in total. The van der Waals surface area contributed by atoms with E-state index < -0.39 is 17.5 Å². The van der Waals surface area contributed by atoms with Crippen molar-refractivity contribution in [3.05, 3.63) is 70.0 Å². The Morgan fingerprint density at radius 3 is 2.25 bits per heavy atom. The van der Waals surface area contributed by atoms with Crippen LogP contribution in [0.1, 0.15) is 17.2 Å². The van der Waals surface area contributed by atoms with Gasteiger partial charge in [0.05, 0.1) is 0 Å². The minimum atomic E-state index is -1.46. The first-order valence-corrected chi connectivity index (χ1v) is 6.46. The van der Waals surface area contributed by atoms with Crippen molar-refractivity contribution < 1.29 is 13.2 Å². The molecule has 0 aromatic heterocycles. The summed E-state index contributed by atoms with van der Waals surface area (Å²) in [6.45, 7) is 0. The molecule has 0 aliphatic heterocycles. The maximum atomic E-state index is 13.3. The van der Waals surface area contributed by atoms with Crippen LogP contribution in [0.25, 0.3) is 0 Å². The maximum Gasteiger partial charge on any atom is 0.194 e. The summed E-state index contributed by atoms with van der Waals surface area (Å²) in [6.07, 6.45) is 0.445. The van der Waals surface area contributed by atoms with Gasteiger partial charge in [-0.05, 0) is 42.8 Å². The van der Waals surface area contributed by atoms with E-state index >= 15 is 0 Å². The van der Waals surface area contributed by atoms with Crippen LogP contribution in [0.4, 0.5) is 13.2 Å². The van der Waals surface area contributed by atoms with Crippen molar-refractivity contribution in [2.75, 3.05) is 7.05 Å². The van der Waals surface area contributed by atoms with Crippen LogP contribution in [0.3, 0.4) is 0 Å². The average molecular weight is 300 g/mol. The van der Waals surface area contributed by atoms with Gasteiger partial charge in [-0.2, -0.15) is 0 Å². The highest BCUT2D eigenvalue weighted by atomic mass is 35.5. The van der Waals surface area contributed by atoms with Crippen LogP contribution in [0.5, 0.6) is 0 Å². The topological polar surface area (TPSA) is 12.0 Å². The summed E-state index contributed by atoms with van der Waals surface area (Å²) in [5.41, 5.74) is 1.18. The highest BCUT2D eigenvalue weighted by Gasteiger charge is 2.17. The van der Waals surface area contributed by atoms with E-state index in [0.717, 1.165) is 17.7 Å². The second kappa shape index (κ2) is 6.29. The minimum Gasteiger partial charge on any atom is -0.313 e. The van der Waals surface area contributed by atoms with Gasteiger partial charge in [-0.25, -0.2) is 13.2 Å². The van der Waals surface area contributed by atoms with Crippen molar-refractivity contribution in [2.24, 2.45) is 0 Å². The third-order valence-corrected chi connectivity index (χ3v) is 3.51. The molecule has 0 aliphatic rings. The van der Waals surface area contributed by atoms with E-state index in [-0.39, 0.29) is 6.04 Å². The molecular formula is C15H13ClF3N. The Labute approximate surface area is 120 Å². The molecule has 0 radical (unpaired) electrons. The average Bonchev–Trinajstić information content (AvgIpc) is 2.43. The van der Waals surface area contributed by atoms with E-state index in [1.807, 2.05) is 12.1 Å². The molecule has 106 valence electrons. The monoisotopic (exact) mass is 299 g/mol. The van der Waals surface area contributed by atoms with E-state index in [0.29, 0.717) is 17.0 Å². The molecule has 2 rings (SSSR count). The lowest BCUT2D eigenvalue weighted by Gasteiger charge is -2.18. The number of halogens is 4. The Morgan fingerprint density at radius 1 is 1.10 bits per heavy atom.